The molecule has 0 spiro atoms. The van der Waals surface area contributed by atoms with E-state index in [1.807, 2.05) is 32.0 Å². The fourth-order valence-electron chi connectivity index (χ4n) is 4.38. The van der Waals surface area contributed by atoms with Crippen LogP contribution < -0.4 is 5.73 Å². The molecule has 0 fully saturated rings. The number of nitrogens with two attached hydrogens (primary N) is 1. The summed E-state index contributed by atoms with van der Waals surface area (Å²) in [6.45, 7) is 6.12. The highest BCUT2D eigenvalue weighted by Crippen LogP contribution is 2.32. The molecule has 0 saturated heterocycles. The molecule has 0 unspecified atom stereocenters. The van der Waals surface area contributed by atoms with E-state index in [0.717, 1.165) is 5.69 Å². The quantitative estimate of drug-likeness (QED) is 0.244. The second kappa shape index (κ2) is 13.1. The number of anilines is 1. The van der Waals surface area contributed by atoms with Crippen LogP contribution in [0.1, 0.15) is 19.4 Å². The highest BCUT2D eigenvalue weighted by molar-refractivity contribution is 5.87. The van der Waals surface area contributed by atoms with Gasteiger partial charge in [-0.25, -0.2) is 0 Å². The summed E-state index contributed by atoms with van der Waals surface area (Å²) in [6.07, 6.45) is 0. The molecule has 1 heteroatoms. The van der Waals surface area contributed by atoms with Crippen molar-refractivity contribution in [3.63, 3.8) is 0 Å². The molecule has 0 aliphatic carbocycles. The average molecular weight is 494 g/mol. The number of hydrogen-bond donors (Lipinski definition) is 1. The Hall–Kier alpha value is -4.62. The fourth-order valence-corrected chi connectivity index (χ4v) is 4.38. The molecule has 0 radical (unpaired) electrons. The molecule has 0 atom stereocenters. The highest BCUT2D eigenvalue weighted by Gasteiger charge is 2.06. The molecule has 38 heavy (non-hydrogen) atoms. The summed E-state index contributed by atoms with van der Waals surface area (Å²) in [4.78, 5) is 0. The maximum Gasteiger partial charge on any atom is 0.0314 e. The molecular weight excluding hydrogens is 458 g/mol. The van der Waals surface area contributed by atoms with Crippen molar-refractivity contribution in [2.75, 3.05) is 5.73 Å². The molecule has 0 aliphatic heterocycles. The van der Waals surface area contributed by atoms with E-state index in [1.54, 1.807) is 0 Å². The van der Waals surface area contributed by atoms with Crippen molar-refractivity contribution >= 4 is 16.5 Å². The minimum atomic E-state index is 0.793. The first-order chi connectivity index (χ1) is 18.7. The van der Waals surface area contributed by atoms with Gasteiger partial charge in [-0.05, 0) is 69.3 Å². The van der Waals surface area contributed by atoms with E-state index in [2.05, 4.69) is 134 Å². The number of nitrogen functional groups attached to an aromatic ring is 1. The van der Waals surface area contributed by atoms with E-state index < -0.39 is 0 Å². The van der Waals surface area contributed by atoms with Crippen molar-refractivity contribution in [2.45, 2.75) is 20.8 Å². The van der Waals surface area contributed by atoms with Crippen LogP contribution in [0.2, 0.25) is 0 Å². The van der Waals surface area contributed by atoms with Crippen molar-refractivity contribution in [1.82, 2.24) is 0 Å². The van der Waals surface area contributed by atoms with Gasteiger partial charge in [0, 0.05) is 5.69 Å². The number of aryl methyl sites for hydroxylation is 1. The van der Waals surface area contributed by atoms with Crippen LogP contribution in [-0.4, -0.2) is 0 Å². The Morgan fingerprint density at radius 1 is 0.395 bits per heavy atom. The van der Waals surface area contributed by atoms with Crippen LogP contribution in [-0.2, 0) is 0 Å². The minimum absolute atomic E-state index is 0.793. The molecule has 188 valence electrons. The minimum Gasteiger partial charge on any atom is -0.399 e. The third-order valence-corrected chi connectivity index (χ3v) is 6.37. The molecule has 0 saturated carbocycles. The van der Waals surface area contributed by atoms with Crippen LogP contribution >= 0.6 is 0 Å². The number of rotatable bonds is 3. The normalized spacial score (nSPS) is 10.1. The van der Waals surface area contributed by atoms with Gasteiger partial charge in [0.25, 0.3) is 0 Å². The van der Waals surface area contributed by atoms with Crippen LogP contribution in [0.4, 0.5) is 5.69 Å². The summed E-state index contributed by atoms with van der Waals surface area (Å²) < 4.78 is 0. The predicted molar refractivity (Wildman–Crippen MR) is 167 cm³/mol. The lowest BCUT2D eigenvalue weighted by Gasteiger charge is -2.10. The summed E-state index contributed by atoms with van der Waals surface area (Å²) in [6, 6.07) is 50.7. The zero-order valence-electron chi connectivity index (χ0n) is 22.4. The van der Waals surface area contributed by atoms with Crippen molar-refractivity contribution in [2.24, 2.45) is 0 Å². The molecule has 2 N–H and O–H groups in total. The molecular formula is C37H35N. The van der Waals surface area contributed by atoms with Crippen LogP contribution in [0.15, 0.2) is 146 Å². The van der Waals surface area contributed by atoms with Gasteiger partial charge >= 0.3 is 0 Å². The van der Waals surface area contributed by atoms with Crippen molar-refractivity contribution in [3.8, 4) is 33.4 Å². The van der Waals surface area contributed by atoms with Crippen molar-refractivity contribution < 1.29 is 0 Å². The SMILES string of the molecule is CC.Cc1ccc(-c2ccc3ccccc3c2)cc1.Nc1ccc(-c2ccccc2-c2ccccc2)cc1. The van der Waals surface area contributed by atoms with Gasteiger partial charge in [-0.15, -0.1) is 0 Å². The van der Waals surface area contributed by atoms with E-state index in [1.165, 1.54) is 49.7 Å². The monoisotopic (exact) mass is 493 g/mol. The van der Waals surface area contributed by atoms with E-state index >= 15 is 0 Å². The molecule has 0 amide bonds. The van der Waals surface area contributed by atoms with E-state index in [4.69, 9.17) is 5.73 Å². The predicted octanol–water partition coefficient (Wildman–Crippen LogP) is 10.4. The zero-order chi connectivity index (χ0) is 26.7. The Morgan fingerprint density at radius 3 is 1.50 bits per heavy atom. The van der Waals surface area contributed by atoms with E-state index in [-0.39, 0.29) is 0 Å². The zero-order valence-corrected chi connectivity index (χ0v) is 22.4. The molecule has 0 heterocycles. The summed E-state index contributed by atoms with van der Waals surface area (Å²) in [5, 5.41) is 2.59. The largest absolute Gasteiger partial charge is 0.399 e. The highest BCUT2D eigenvalue weighted by atomic mass is 14.5. The first kappa shape index (κ1) is 26.4. The second-order valence-electron chi connectivity index (χ2n) is 8.96. The molecule has 0 bridgehead atoms. The summed E-state index contributed by atoms with van der Waals surface area (Å²) >= 11 is 0. The summed E-state index contributed by atoms with van der Waals surface area (Å²) in [5.74, 6) is 0. The topological polar surface area (TPSA) is 26.0 Å². The molecule has 6 aromatic rings. The number of benzene rings is 6. The molecule has 0 aliphatic rings. The lowest BCUT2D eigenvalue weighted by atomic mass is 9.95. The molecule has 0 aromatic heterocycles. The van der Waals surface area contributed by atoms with E-state index in [9.17, 15) is 0 Å². The van der Waals surface area contributed by atoms with Gasteiger partial charge in [-0.2, -0.15) is 0 Å². The summed E-state index contributed by atoms with van der Waals surface area (Å²) in [5.41, 5.74) is 15.3. The smallest absolute Gasteiger partial charge is 0.0314 e. The van der Waals surface area contributed by atoms with Gasteiger partial charge in [0.05, 0.1) is 0 Å². The molecule has 6 aromatic carbocycles. The Balaban J connectivity index is 0.000000167. The molecule has 1 nitrogen and oxygen atoms in total. The average Bonchev–Trinajstić information content (AvgIpc) is 2.99. The van der Waals surface area contributed by atoms with Crippen LogP contribution in [0.5, 0.6) is 0 Å². The Morgan fingerprint density at radius 2 is 0.868 bits per heavy atom. The fraction of sp³-hybridized carbons (Fsp3) is 0.0811. The third-order valence-electron chi connectivity index (χ3n) is 6.37. The van der Waals surface area contributed by atoms with Crippen LogP contribution in [0, 0.1) is 6.92 Å². The van der Waals surface area contributed by atoms with Crippen molar-refractivity contribution in [3.05, 3.63) is 151 Å². The standard InChI is InChI=1S/C18H15N.C17H14.C2H6/c19-16-12-10-15(11-13-16)18-9-5-4-8-17(18)14-6-2-1-3-7-14;1-13-6-8-15(9-7-13)17-11-10-14-4-2-3-5-16(14)12-17;1-2/h1-13H,19H2;2-12H,1H3;1-2H3. The lowest BCUT2D eigenvalue weighted by Crippen LogP contribution is -1.86. The maximum atomic E-state index is 5.75. The number of fused-ring (bicyclic) bond motifs is 1. The van der Waals surface area contributed by atoms with Crippen LogP contribution in [0.3, 0.4) is 0 Å². The summed E-state index contributed by atoms with van der Waals surface area (Å²) in [7, 11) is 0. The van der Waals surface area contributed by atoms with Gasteiger partial charge in [-0.1, -0.05) is 147 Å². The van der Waals surface area contributed by atoms with Gasteiger partial charge < -0.3 is 5.73 Å². The van der Waals surface area contributed by atoms with Gasteiger partial charge in [-0.3, -0.25) is 0 Å². The lowest BCUT2D eigenvalue weighted by molar-refractivity contribution is 1.47. The molecule has 6 rings (SSSR count). The van der Waals surface area contributed by atoms with Crippen molar-refractivity contribution in [1.29, 1.82) is 0 Å². The van der Waals surface area contributed by atoms with Gasteiger partial charge in [0.2, 0.25) is 0 Å². The van der Waals surface area contributed by atoms with Gasteiger partial charge in [0.15, 0.2) is 0 Å². The second-order valence-corrected chi connectivity index (χ2v) is 8.96. The first-order valence-electron chi connectivity index (χ1n) is 13.2. The van der Waals surface area contributed by atoms with E-state index in [0.29, 0.717) is 0 Å². The maximum absolute atomic E-state index is 5.75. The van der Waals surface area contributed by atoms with Gasteiger partial charge in [0.1, 0.15) is 0 Å². The Bertz CT molecular complexity index is 1560. The third kappa shape index (κ3) is 6.57. The Labute approximate surface area is 227 Å². The Kier molecular flexibility index (Phi) is 9.10. The first-order valence-corrected chi connectivity index (χ1v) is 13.2. The number of hydrogen-bond acceptors (Lipinski definition) is 1. The van der Waals surface area contributed by atoms with Crippen LogP contribution in [0.25, 0.3) is 44.2 Å².